The van der Waals surface area contributed by atoms with E-state index in [2.05, 4.69) is 10.6 Å². The molecule has 0 spiro atoms. The van der Waals surface area contributed by atoms with Gasteiger partial charge in [-0.05, 0) is 61.7 Å². The lowest BCUT2D eigenvalue weighted by atomic mass is 9.97. The van der Waals surface area contributed by atoms with Gasteiger partial charge in [-0.25, -0.2) is 12.8 Å². The summed E-state index contributed by atoms with van der Waals surface area (Å²) in [6.07, 6.45) is 0.728. The van der Waals surface area contributed by atoms with Gasteiger partial charge < -0.3 is 10.6 Å². The Hall–Kier alpha value is -2.49. The van der Waals surface area contributed by atoms with Crippen LogP contribution in [0.1, 0.15) is 25.3 Å². The molecule has 1 heterocycles. The third-order valence-electron chi connectivity index (χ3n) is 5.16. The summed E-state index contributed by atoms with van der Waals surface area (Å²) >= 11 is 5.71. The number of benzene rings is 2. The summed E-state index contributed by atoms with van der Waals surface area (Å²) in [7, 11) is -3.81. The van der Waals surface area contributed by atoms with E-state index in [-0.39, 0.29) is 40.7 Å². The number of carbonyl (C=O) groups is 2. The summed E-state index contributed by atoms with van der Waals surface area (Å²) in [6, 6.07) is 8.49. The van der Waals surface area contributed by atoms with Crippen LogP contribution in [0, 0.1) is 18.7 Å². The lowest BCUT2D eigenvalue weighted by molar-refractivity contribution is -0.121. The van der Waals surface area contributed by atoms with Crippen LogP contribution in [0.4, 0.5) is 15.8 Å². The molecule has 0 atom stereocenters. The Bertz CT molecular complexity index is 1120. The summed E-state index contributed by atoms with van der Waals surface area (Å²) in [6.45, 7) is 3.60. The molecule has 10 heteroatoms. The second kappa shape index (κ2) is 9.33. The molecule has 1 saturated heterocycles. The highest BCUT2D eigenvalue weighted by Gasteiger charge is 2.32. The fraction of sp³-hybridized carbons (Fsp3) is 0.333. The number of hydrogen-bond acceptors (Lipinski definition) is 4. The smallest absolute Gasteiger partial charge is 0.243 e. The van der Waals surface area contributed by atoms with Crippen LogP contribution in [0.15, 0.2) is 41.3 Å². The van der Waals surface area contributed by atoms with Crippen molar-refractivity contribution < 1.29 is 22.4 Å². The van der Waals surface area contributed by atoms with E-state index in [1.807, 2.05) is 6.92 Å². The lowest BCUT2D eigenvalue weighted by Gasteiger charge is -2.30. The highest BCUT2D eigenvalue weighted by molar-refractivity contribution is 7.89. The second-order valence-corrected chi connectivity index (χ2v) is 9.80. The van der Waals surface area contributed by atoms with Crippen molar-refractivity contribution in [1.82, 2.24) is 4.31 Å². The minimum absolute atomic E-state index is 0.0727. The van der Waals surface area contributed by atoms with Crippen molar-refractivity contribution in [1.29, 1.82) is 0 Å². The number of nitrogens with one attached hydrogen (secondary N) is 2. The molecule has 0 unspecified atom stereocenters. The normalized spacial score (nSPS) is 15.5. The first kappa shape index (κ1) is 23.2. The summed E-state index contributed by atoms with van der Waals surface area (Å²) < 4.78 is 40.2. The van der Waals surface area contributed by atoms with Gasteiger partial charge >= 0.3 is 0 Å². The van der Waals surface area contributed by atoms with Crippen molar-refractivity contribution in [3.63, 3.8) is 0 Å². The Labute approximate surface area is 185 Å². The molecule has 0 radical (unpaired) electrons. The Morgan fingerprint density at radius 3 is 2.35 bits per heavy atom. The molecule has 1 aliphatic rings. The van der Waals surface area contributed by atoms with Crippen molar-refractivity contribution >= 4 is 44.8 Å². The van der Waals surface area contributed by atoms with Gasteiger partial charge in [-0.2, -0.15) is 4.31 Å². The van der Waals surface area contributed by atoms with Crippen molar-refractivity contribution in [2.45, 2.75) is 31.6 Å². The molecule has 166 valence electrons. The number of carbonyl (C=O) groups excluding carboxylic acids is 2. The number of halogens is 2. The molecule has 2 N–H and O–H groups in total. The zero-order chi connectivity index (χ0) is 22.8. The Kier molecular flexibility index (Phi) is 6.98. The fourth-order valence-electron chi connectivity index (χ4n) is 3.46. The maximum atomic E-state index is 13.3. The molecule has 0 aromatic heterocycles. The van der Waals surface area contributed by atoms with Gasteiger partial charge in [0.1, 0.15) is 5.82 Å². The predicted molar refractivity (Wildman–Crippen MR) is 117 cm³/mol. The van der Waals surface area contributed by atoms with Gasteiger partial charge in [-0.1, -0.05) is 11.6 Å². The van der Waals surface area contributed by atoms with E-state index in [9.17, 15) is 22.4 Å². The summed E-state index contributed by atoms with van der Waals surface area (Å²) in [5, 5.41) is 5.31. The lowest BCUT2D eigenvalue weighted by Crippen LogP contribution is -2.41. The predicted octanol–water partition coefficient (Wildman–Crippen LogP) is 3.79. The molecule has 0 bridgehead atoms. The third-order valence-corrected chi connectivity index (χ3v) is 7.34. The van der Waals surface area contributed by atoms with Gasteiger partial charge in [0.15, 0.2) is 0 Å². The standard InChI is InChI=1S/C21H23ClFN3O4S/c1-13-11-16(3-6-20(13)24-14(2)27)25-21(28)15-7-9-26(10-8-15)31(29,30)17-4-5-19(23)18(22)12-17/h3-6,11-12,15H,7-10H2,1-2H3,(H,24,27)(H,25,28). The summed E-state index contributed by atoms with van der Waals surface area (Å²) in [4.78, 5) is 23.8. The second-order valence-electron chi connectivity index (χ2n) is 7.45. The van der Waals surface area contributed by atoms with Crippen LogP contribution in [-0.2, 0) is 19.6 Å². The van der Waals surface area contributed by atoms with E-state index in [0.717, 1.165) is 17.7 Å². The molecule has 2 amide bonds. The van der Waals surface area contributed by atoms with Gasteiger partial charge in [-0.15, -0.1) is 0 Å². The quantitative estimate of drug-likeness (QED) is 0.699. The maximum Gasteiger partial charge on any atom is 0.243 e. The van der Waals surface area contributed by atoms with E-state index >= 15 is 0 Å². The first-order valence-corrected chi connectivity index (χ1v) is 11.5. The molecule has 1 fully saturated rings. The SMILES string of the molecule is CC(=O)Nc1ccc(NC(=O)C2CCN(S(=O)(=O)c3ccc(F)c(Cl)c3)CC2)cc1C. The van der Waals surface area contributed by atoms with Crippen molar-refractivity contribution in [3.05, 3.63) is 52.8 Å². The van der Waals surface area contributed by atoms with Crippen LogP contribution in [-0.4, -0.2) is 37.6 Å². The highest BCUT2D eigenvalue weighted by Crippen LogP contribution is 2.27. The Balaban J connectivity index is 1.61. The molecule has 31 heavy (non-hydrogen) atoms. The Morgan fingerprint density at radius 1 is 1.10 bits per heavy atom. The van der Waals surface area contributed by atoms with Gasteiger partial charge in [0.25, 0.3) is 0 Å². The summed E-state index contributed by atoms with van der Waals surface area (Å²) in [5.74, 6) is -1.38. The zero-order valence-electron chi connectivity index (χ0n) is 17.1. The average Bonchev–Trinajstić information content (AvgIpc) is 2.71. The number of sulfonamides is 1. The van der Waals surface area contributed by atoms with Crippen molar-refractivity contribution in [2.75, 3.05) is 23.7 Å². The van der Waals surface area contributed by atoms with E-state index in [4.69, 9.17) is 11.6 Å². The largest absolute Gasteiger partial charge is 0.326 e. The number of aryl methyl sites for hydroxylation is 1. The number of hydrogen-bond donors (Lipinski definition) is 2. The molecule has 0 saturated carbocycles. The number of anilines is 2. The number of nitrogens with zero attached hydrogens (tertiary/aromatic N) is 1. The summed E-state index contributed by atoms with van der Waals surface area (Å²) in [5.41, 5.74) is 2.09. The highest BCUT2D eigenvalue weighted by atomic mass is 35.5. The molecule has 7 nitrogen and oxygen atoms in total. The molecular weight excluding hydrogens is 445 g/mol. The molecule has 3 rings (SSSR count). The van der Waals surface area contributed by atoms with E-state index < -0.39 is 15.8 Å². The van der Waals surface area contributed by atoms with Crippen LogP contribution in [0.25, 0.3) is 0 Å². The zero-order valence-corrected chi connectivity index (χ0v) is 18.7. The van der Waals surface area contributed by atoms with E-state index in [0.29, 0.717) is 24.2 Å². The van der Waals surface area contributed by atoms with Gasteiger partial charge in [0, 0.05) is 37.3 Å². The molecule has 2 aromatic carbocycles. The number of amides is 2. The van der Waals surface area contributed by atoms with Crippen LogP contribution in [0.5, 0.6) is 0 Å². The average molecular weight is 468 g/mol. The van der Waals surface area contributed by atoms with Crippen molar-refractivity contribution in [3.8, 4) is 0 Å². The maximum absolute atomic E-state index is 13.3. The molecule has 1 aliphatic heterocycles. The molecule has 2 aromatic rings. The van der Waals surface area contributed by atoms with Gasteiger partial charge in [-0.3, -0.25) is 9.59 Å². The minimum Gasteiger partial charge on any atom is -0.326 e. The molecule has 0 aliphatic carbocycles. The number of piperidine rings is 1. The first-order valence-electron chi connectivity index (χ1n) is 9.72. The van der Waals surface area contributed by atoms with Crippen LogP contribution in [0.2, 0.25) is 5.02 Å². The number of rotatable bonds is 5. The third kappa shape index (κ3) is 5.41. The minimum atomic E-state index is -3.81. The van der Waals surface area contributed by atoms with Gasteiger partial charge in [0.05, 0.1) is 9.92 Å². The Morgan fingerprint density at radius 2 is 1.77 bits per heavy atom. The van der Waals surface area contributed by atoms with Crippen molar-refractivity contribution in [2.24, 2.45) is 5.92 Å². The van der Waals surface area contributed by atoms with Crippen LogP contribution >= 0.6 is 11.6 Å². The van der Waals surface area contributed by atoms with E-state index in [1.165, 1.54) is 17.3 Å². The fourth-order valence-corrected chi connectivity index (χ4v) is 5.20. The molecular formula is C21H23ClFN3O4S. The topological polar surface area (TPSA) is 95.6 Å². The van der Waals surface area contributed by atoms with Crippen LogP contribution in [0.3, 0.4) is 0 Å². The van der Waals surface area contributed by atoms with Gasteiger partial charge in [0.2, 0.25) is 21.8 Å². The van der Waals surface area contributed by atoms with Crippen LogP contribution < -0.4 is 10.6 Å². The first-order chi connectivity index (χ1) is 14.6. The monoisotopic (exact) mass is 467 g/mol. The van der Waals surface area contributed by atoms with E-state index in [1.54, 1.807) is 18.2 Å².